The van der Waals surface area contributed by atoms with Crippen LogP contribution in [0.15, 0.2) is 72.1 Å². The molecule has 1 atom stereocenters. The Hall–Kier alpha value is -2.83. The number of hydrogen-bond acceptors (Lipinski definition) is 5. The van der Waals surface area contributed by atoms with Gasteiger partial charge in [0.2, 0.25) is 0 Å². The van der Waals surface area contributed by atoms with Crippen LogP contribution in [0.3, 0.4) is 0 Å². The number of tetrazole rings is 1. The standard InChI is InChI=1S/C21H19N5S/c1-3-7-16(8-4-1)21-18-12-14-27-19(18)11-13-25(21)15-20-22-23-24-26(20)17-9-5-2-6-10-17/h1-10,12,14,21H,11,13,15H2. The van der Waals surface area contributed by atoms with E-state index in [1.807, 2.05) is 46.4 Å². The highest BCUT2D eigenvalue weighted by molar-refractivity contribution is 7.10. The number of thiophene rings is 1. The van der Waals surface area contributed by atoms with Gasteiger partial charge in [0.15, 0.2) is 5.82 Å². The quantitative estimate of drug-likeness (QED) is 0.545. The summed E-state index contributed by atoms with van der Waals surface area (Å²) in [7, 11) is 0. The molecule has 27 heavy (non-hydrogen) atoms. The molecule has 1 unspecified atom stereocenters. The molecule has 3 heterocycles. The van der Waals surface area contributed by atoms with Gasteiger partial charge in [-0.05, 0) is 51.6 Å². The Labute approximate surface area is 161 Å². The topological polar surface area (TPSA) is 46.8 Å². The first-order valence-corrected chi connectivity index (χ1v) is 9.96. The van der Waals surface area contributed by atoms with Crippen LogP contribution < -0.4 is 0 Å². The minimum Gasteiger partial charge on any atom is -0.284 e. The summed E-state index contributed by atoms with van der Waals surface area (Å²) in [6.45, 7) is 1.70. The third-order valence-corrected chi connectivity index (χ3v) is 6.06. The molecule has 5 nitrogen and oxygen atoms in total. The normalized spacial score (nSPS) is 17.0. The van der Waals surface area contributed by atoms with E-state index in [1.165, 1.54) is 16.0 Å². The smallest absolute Gasteiger partial charge is 0.170 e. The van der Waals surface area contributed by atoms with Crippen LogP contribution in [0.1, 0.15) is 27.9 Å². The Morgan fingerprint density at radius 2 is 1.74 bits per heavy atom. The van der Waals surface area contributed by atoms with Crippen molar-refractivity contribution in [3.63, 3.8) is 0 Å². The van der Waals surface area contributed by atoms with Crippen LogP contribution >= 0.6 is 11.3 Å². The summed E-state index contributed by atoms with van der Waals surface area (Å²) in [4.78, 5) is 3.97. The van der Waals surface area contributed by atoms with Crippen molar-refractivity contribution in [2.45, 2.75) is 19.0 Å². The number of fused-ring (bicyclic) bond motifs is 1. The first kappa shape index (κ1) is 16.4. The number of nitrogens with zero attached hydrogens (tertiary/aromatic N) is 5. The Morgan fingerprint density at radius 1 is 0.963 bits per heavy atom. The second kappa shape index (κ2) is 7.06. The average molecular weight is 373 g/mol. The van der Waals surface area contributed by atoms with Crippen LogP contribution in [-0.2, 0) is 13.0 Å². The van der Waals surface area contributed by atoms with E-state index in [2.05, 4.69) is 62.2 Å². The second-order valence-electron chi connectivity index (χ2n) is 6.68. The van der Waals surface area contributed by atoms with Gasteiger partial charge in [0, 0.05) is 11.4 Å². The van der Waals surface area contributed by atoms with Gasteiger partial charge in [-0.2, -0.15) is 4.68 Å². The maximum absolute atomic E-state index is 4.32. The molecule has 5 rings (SSSR count). The summed E-state index contributed by atoms with van der Waals surface area (Å²) >= 11 is 1.86. The summed E-state index contributed by atoms with van der Waals surface area (Å²) in [5.41, 5.74) is 3.72. The molecule has 0 radical (unpaired) electrons. The fourth-order valence-corrected chi connectivity index (χ4v) is 4.72. The molecule has 0 aliphatic carbocycles. The highest BCUT2D eigenvalue weighted by atomic mass is 32.1. The molecule has 0 amide bonds. The van der Waals surface area contributed by atoms with E-state index in [0.29, 0.717) is 6.54 Å². The number of aromatic nitrogens is 4. The van der Waals surface area contributed by atoms with Gasteiger partial charge < -0.3 is 0 Å². The summed E-state index contributed by atoms with van der Waals surface area (Å²) in [6, 6.07) is 23.3. The fraction of sp³-hybridized carbons (Fsp3) is 0.190. The molecular weight excluding hydrogens is 354 g/mol. The molecule has 1 aliphatic rings. The van der Waals surface area contributed by atoms with Gasteiger partial charge in [-0.1, -0.05) is 48.5 Å². The van der Waals surface area contributed by atoms with Gasteiger partial charge >= 0.3 is 0 Å². The van der Waals surface area contributed by atoms with E-state index in [0.717, 1.165) is 24.5 Å². The Morgan fingerprint density at radius 3 is 2.56 bits per heavy atom. The van der Waals surface area contributed by atoms with Crippen LogP contribution in [0.2, 0.25) is 0 Å². The zero-order valence-electron chi connectivity index (χ0n) is 14.8. The molecule has 0 saturated heterocycles. The summed E-state index contributed by atoms with van der Waals surface area (Å²) < 4.78 is 1.84. The van der Waals surface area contributed by atoms with E-state index in [4.69, 9.17) is 0 Å². The lowest BCUT2D eigenvalue weighted by Gasteiger charge is -2.35. The van der Waals surface area contributed by atoms with E-state index in [-0.39, 0.29) is 6.04 Å². The number of benzene rings is 2. The summed E-state index contributed by atoms with van der Waals surface area (Å²) in [5, 5.41) is 14.7. The maximum atomic E-state index is 4.32. The lowest BCUT2D eigenvalue weighted by molar-refractivity contribution is 0.199. The number of rotatable bonds is 4. The third-order valence-electron chi connectivity index (χ3n) is 5.06. The van der Waals surface area contributed by atoms with Crippen molar-refractivity contribution < 1.29 is 0 Å². The van der Waals surface area contributed by atoms with Crippen molar-refractivity contribution >= 4 is 11.3 Å². The third kappa shape index (κ3) is 3.07. The van der Waals surface area contributed by atoms with Crippen molar-refractivity contribution in [3.05, 3.63) is 93.9 Å². The molecular formula is C21H19N5S. The zero-order valence-corrected chi connectivity index (χ0v) is 15.6. The van der Waals surface area contributed by atoms with Crippen molar-refractivity contribution in [2.24, 2.45) is 0 Å². The molecule has 0 fully saturated rings. The van der Waals surface area contributed by atoms with Crippen LogP contribution in [0.25, 0.3) is 5.69 Å². The predicted octanol–water partition coefficient (Wildman–Crippen LogP) is 3.87. The minimum absolute atomic E-state index is 0.238. The lowest BCUT2D eigenvalue weighted by atomic mass is 9.93. The van der Waals surface area contributed by atoms with Crippen molar-refractivity contribution in [3.8, 4) is 5.69 Å². The summed E-state index contributed by atoms with van der Waals surface area (Å²) in [5.74, 6) is 0.862. The largest absolute Gasteiger partial charge is 0.284 e. The van der Waals surface area contributed by atoms with Crippen molar-refractivity contribution in [2.75, 3.05) is 6.54 Å². The SMILES string of the molecule is c1ccc(C2c3ccsc3CCN2Cc2nnnn2-c2ccccc2)cc1. The highest BCUT2D eigenvalue weighted by Gasteiger charge is 2.30. The van der Waals surface area contributed by atoms with Gasteiger partial charge in [-0.15, -0.1) is 16.4 Å². The molecule has 134 valence electrons. The number of hydrogen-bond donors (Lipinski definition) is 0. The molecule has 4 aromatic rings. The van der Waals surface area contributed by atoms with Gasteiger partial charge in [0.25, 0.3) is 0 Å². The molecule has 2 aromatic carbocycles. The molecule has 1 aliphatic heterocycles. The van der Waals surface area contributed by atoms with Gasteiger partial charge in [-0.3, -0.25) is 4.90 Å². The van der Waals surface area contributed by atoms with Crippen molar-refractivity contribution in [1.29, 1.82) is 0 Å². The van der Waals surface area contributed by atoms with Crippen LogP contribution in [0, 0.1) is 0 Å². The number of para-hydroxylation sites is 1. The lowest BCUT2D eigenvalue weighted by Crippen LogP contribution is -2.35. The fourth-order valence-electron chi connectivity index (χ4n) is 3.82. The van der Waals surface area contributed by atoms with Gasteiger partial charge in [0.05, 0.1) is 18.3 Å². The average Bonchev–Trinajstić information content (AvgIpc) is 3.38. The van der Waals surface area contributed by atoms with E-state index < -0.39 is 0 Å². The molecule has 0 spiro atoms. The molecule has 2 aromatic heterocycles. The zero-order chi connectivity index (χ0) is 18.1. The van der Waals surface area contributed by atoms with E-state index in [9.17, 15) is 0 Å². The second-order valence-corrected chi connectivity index (χ2v) is 7.68. The minimum atomic E-state index is 0.238. The van der Waals surface area contributed by atoms with Gasteiger partial charge in [-0.25, -0.2) is 0 Å². The molecule has 0 saturated carbocycles. The molecule has 0 bridgehead atoms. The van der Waals surface area contributed by atoms with Crippen LogP contribution in [0.4, 0.5) is 0 Å². The molecule has 0 N–H and O–H groups in total. The maximum Gasteiger partial charge on any atom is 0.170 e. The Kier molecular flexibility index (Phi) is 4.27. The first-order chi connectivity index (χ1) is 13.4. The van der Waals surface area contributed by atoms with Crippen LogP contribution in [-0.4, -0.2) is 31.7 Å². The van der Waals surface area contributed by atoms with E-state index >= 15 is 0 Å². The predicted molar refractivity (Wildman–Crippen MR) is 106 cm³/mol. The Bertz CT molecular complexity index is 1020. The van der Waals surface area contributed by atoms with E-state index in [1.54, 1.807) is 0 Å². The Balaban J connectivity index is 1.51. The van der Waals surface area contributed by atoms with Gasteiger partial charge in [0.1, 0.15) is 0 Å². The monoisotopic (exact) mass is 373 g/mol. The van der Waals surface area contributed by atoms with Crippen molar-refractivity contribution in [1.82, 2.24) is 25.1 Å². The summed E-state index contributed by atoms with van der Waals surface area (Å²) in [6.07, 6.45) is 1.07. The molecule has 6 heteroatoms. The first-order valence-electron chi connectivity index (χ1n) is 9.08. The highest BCUT2D eigenvalue weighted by Crippen LogP contribution is 2.38. The van der Waals surface area contributed by atoms with Crippen LogP contribution in [0.5, 0.6) is 0 Å².